The fourth-order valence-corrected chi connectivity index (χ4v) is 2.87. The molecule has 2 aromatic heterocycles. The lowest BCUT2D eigenvalue weighted by molar-refractivity contribution is -0.00610. The van der Waals surface area contributed by atoms with Crippen LogP contribution in [-0.4, -0.2) is 17.6 Å². The van der Waals surface area contributed by atoms with Crippen molar-refractivity contribution in [1.29, 1.82) is 0 Å². The molecule has 0 bridgehead atoms. The van der Waals surface area contributed by atoms with Crippen LogP contribution in [0.3, 0.4) is 0 Å². The van der Waals surface area contributed by atoms with Crippen LogP contribution < -0.4 is 5.32 Å². The van der Waals surface area contributed by atoms with Crippen molar-refractivity contribution in [1.82, 2.24) is 5.32 Å². The highest BCUT2D eigenvalue weighted by Crippen LogP contribution is 2.45. The molecule has 0 saturated heterocycles. The largest absolute Gasteiger partial charge is 0.466 e. The monoisotopic (exact) mass is 277 g/mol. The third kappa shape index (κ3) is 2.43. The van der Waals surface area contributed by atoms with Crippen molar-refractivity contribution in [3.8, 4) is 0 Å². The fraction of sp³-hybridized carbons (Fsp3) is 0.357. The molecular formula is C14H15NO3S. The fourth-order valence-electron chi connectivity index (χ4n) is 2.23. The van der Waals surface area contributed by atoms with Gasteiger partial charge in [-0.15, -0.1) is 0 Å². The van der Waals surface area contributed by atoms with E-state index in [2.05, 4.69) is 5.32 Å². The Labute approximate surface area is 115 Å². The van der Waals surface area contributed by atoms with E-state index in [1.54, 1.807) is 29.8 Å². The molecule has 0 aliphatic heterocycles. The van der Waals surface area contributed by atoms with E-state index in [0.29, 0.717) is 11.3 Å². The van der Waals surface area contributed by atoms with Crippen molar-refractivity contribution < 1.29 is 14.3 Å². The van der Waals surface area contributed by atoms with Gasteiger partial charge in [-0.05, 0) is 42.3 Å². The molecule has 100 valence electrons. The SMILES string of the molecule is O=C(NC[C@@](O)(c1ccco1)C1CC1)c1ccsc1. The molecule has 1 aliphatic rings. The summed E-state index contributed by atoms with van der Waals surface area (Å²) in [4.78, 5) is 11.9. The van der Waals surface area contributed by atoms with Crippen molar-refractivity contribution in [3.63, 3.8) is 0 Å². The molecule has 5 heteroatoms. The summed E-state index contributed by atoms with van der Waals surface area (Å²) in [7, 11) is 0. The van der Waals surface area contributed by atoms with Crippen LogP contribution in [0.4, 0.5) is 0 Å². The first-order valence-corrected chi connectivity index (χ1v) is 7.21. The molecule has 1 amide bonds. The Bertz CT molecular complexity index is 545. The van der Waals surface area contributed by atoms with E-state index in [4.69, 9.17) is 4.42 Å². The third-order valence-corrected chi connectivity index (χ3v) is 4.19. The number of amides is 1. The molecule has 0 unspecified atom stereocenters. The molecular weight excluding hydrogens is 262 g/mol. The first-order chi connectivity index (χ1) is 9.20. The van der Waals surface area contributed by atoms with Crippen LogP contribution in [-0.2, 0) is 5.60 Å². The van der Waals surface area contributed by atoms with E-state index < -0.39 is 5.60 Å². The highest BCUT2D eigenvalue weighted by Gasteiger charge is 2.47. The lowest BCUT2D eigenvalue weighted by Crippen LogP contribution is -2.42. The maximum absolute atomic E-state index is 11.9. The standard InChI is InChI=1S/C14H15NO3S/c16-13(10-5-7-19-8-10)15-9-14(17,11-3-4-11)12-2-1-6-18-12/h1-2,5-8,11,17H,3-4,9H2,(H,15,16)/t14-/m0/s1. The van der Waals surface area contributed by atoms with Gasteiger partial charge < -0.3 is 14.8 Å². The van der Waals surface area contributed by atoms with Gasteiger partial charge in [0, 0.05) is 10.9 Å². The topological polar surface area (TPSA) is 62.5 Å². The zero-order valence-electron chi connectivity index (χ0n) is 10.3. The van der Waals surface area contributed by atoms with Gasteiger partial charge in [0.2, 0.25) is 0 Å². The number of hydrogen-bond acceptors (Lipinski definition) is 4. The highest BCUT2D eigenvalue weighted by atomic mass is 32.1. The molecule has 1 fully saturated rings. The van der Waals surface area contributed by atoms with Gasteiger partial charge in [0.25, 0.3) is 5.91 Å². The van der Waals surface area contributed by atoms with E-state index in [9.17, 15) is 9.90 Å². The van der Waals surface area contributed by atoms with Crippen molar-refractivity contribution in [3.05, 3.63) is 46.5 Å². The van der Waals surface area contributed by atoms with Crippen molar-refractivity contribution in [2.45, 2.75) is 18.4 Å². The Morgan fingerprint density at radius 1 is 1.53 bits per heavy atom. The summed E-state index contributed by atoms with van der Waals surface area (Å²) in [5.41, 5.74) is -0.461. The summed E-state index contributed by atoms with van der Waals surface area (Å²) in [5.74, 6) is 0.536. The molecule has 1 aliphatic carbocycles. The van der Waals surface area contributed by atoms with Gasteiger partial charge in [-0.3, -0.25) is 4.79 Å². The second-order valence-corrected chi connectivity index (χ2v) is 5.65. The number of hydrogen-bond donors (Lipinski definition) is 2. The second-order valence-electron chi connectivity index (χ2n) is 4.87. The summed E-state index contributed by atoms with van der Waals surface area (Å²) in [5, 5.41) is 17.2. The summed E-state index contributed by atoms with van der Waals surface area (Å²) in [6, 6.07) is 5.28. The summed E-state index contributed by atoms with van der Waals surface area (Å²) >= 11 is 1.48. The maximum atomic E-state index is 11.9. The Morgan fingerprint density at radius 3 is 2.95 bits per heavy atom. The highest BCUT2D eigenvalue weighted by molar-refractivity contribution is 7.08. The van der Waals surface area contributed by atoms with Gasteiger partial charge >= 0.3 is 0 Å². The second kappa shape index (κ2) is 4.83. The van der Waals surface area contributed by atoms with Crippen LogP contribution in [0.5, 0.6) is 0 Å². The molecule has 1 saturated carbocycles. The number of thiophene rings is 1. The number of carbonyl (C=O) groups excluding carboxylic acids is 1. The molecule has 19 heavy (non-hydrogen) atoms. The van der Waals surface area contributed by atoms with Crippen molar-refractivity contribution >= 4 is 17.2 Å². The van der Waals surface area contributed by atoms with Crippen LogP contribution in [0.15, 0.2) is 39.6 Å². The van der Waals surface area contributed by atoms with Gasteiger partial charge in [-0.2, -0.15) is 11.3 Å². The number of rotatable bonds is 5. The van der Waals surface area contributed by atoms with E-state index in [0.717, 1.165) is 12.8 Å². The molecule has 0 radical (unpaired) electrons. The molecule has 3 rings (SSSR count). The minimum absolute atomic E-state index is 0.160. The lowest BCUT2D eigenvalue weighted by Gasteiger charge is -2.26. The van der Waals surface area contributed by atoms with Gasteiger partial charge in [-0.25, -0.2) is 0 Å². The average Bonchev–Trinajstić information content (AvgIpc) is 2.95. The van der Waals surface area contributed by atoms with E-state index in [1.807, 2.05) is 5.38 Å². The Kier molecular flexibility index (Phi) is 3.16. The van der Waals surface area contributed by atoms with Gasteiger partial charge in [-0.1, -0.05) is 0 Å². The zero-order valence-corrected chi connectivity index (χ0v) is 11.2. The summed E-state index contributed by atoms with van der Waals surface area (Å²) in [6.45, 7) is 0.180. The van der Waals surface area contributed by atoms with Gasteiger partial charge in [0.15, 0.2) is 0 Å². The van der Waals surface area contributed by atoms with Crippen molar-refractivity contribution in [2.24, 2.45) is 5.92 Å². The molecule has 4 nitrogen and oxygen atoms in total. The molecule has 0 spiro atoms. The average molecular weight is 277 g/mol. The number of carbonyl (C=O) groups is 1. The third-order valence-electron chi connectivity index (χ3n) is 3.50. The number of nitrogens with one attached hydrogen (secondary N) is 1. The minimum Gasteiger partial charge on any atom is -0.466 e. The molecule has 2 aromatic rings. The van der Waals surface area contributed by atoms with Crippen LogP contribution >= 0.6 is 11.3 Å². The van der Waals surface area contributed by atoms with Gasteiger partial charge in [0.1, 0.15) is 11.4 Å². The van der Waals surface area contributed by atoms with Gasteiger partial charge in [0.05, 0.1) is 12.8 Å². The molecule has 1 atom stereocenters. The number of furan rings is 1. The Balaban J connectivity index is 1.71. The van der Waals surface area contributed by atoms with Crippen LogP contribution in [0.25, 0.3) is 0 Å². The zero-order chi connectivity index (χ0) is 13.3. The van der Waals surface area contributed by atoms with E-state index in [1.165, 1.54) is 11.3 Å². The normalized spacial score (nSPS) is 17.9. The quantitative estimate of drug-likeness (QED) is 0.882. The Morgan fingerprint density at radius 2 is 2.37 bits per heavy atom. The van der Waals surface area contributed by atoms with Crippen LogP contribution in [0.1, 0.15) is 29.0 Å². The molecule has 2 heterocycles. The van der Waals surface area contributed by atoms with Crippen LogP contribution in [0, 0.1) is 5.92 Å². The minimum atomic E-state index is -1.09. The Hall–Kier alpha value is -1.59. The smallest absolute Gasteiger partial charge is 0.252 e. The molecule has 0 aromatic carbocycles. The molecule has 2 N–H and O–H groups in total. The summed E-state index contributed by atoms with van der Waals surface area (Å²) in [6.07, 6.45) is 3.47. The van der Waals surface area contributed by atoms with Crippen molar-refractivity contribution in [2.75, 3.05) is 6.54 Å². The van der Waals surface area contributed by atoms with E-state index in [-0.39, 0.29) is 18.4 Å². The predicted octanol–water partition coefficient (Wildman–Crippen LogP) is 2.37. The first kappa shape index (κ1) is 12.4. The predicted molar refractivity (Wildman–Crippen MR) is 72.0 cm³/mol. The van der Waals surface area contributed by atoms with E-state index >= 15 is 0 Å². The summed E-state index contributed by atoms with van der Waals surface area (Å²) < 4.78 is 5.32. The van der Waals surface area contributed by atoms with Crippen LogP contribution in [0.2, 0.25) is 0 Å². The maximum Gasteiger partial charge on any atom is 0.252 e. The lowest BCUT2D eigenvalue weighted by atomic mass is 9.94. The number of aliphatic hydroxyl groups is 1. The first-order valence-electron chi connectivity index (χ1n) is 6.27.